The zero-order valence-corrected chi connectivity index (χ0v) is 14.9. The summed E-state index contributed by atoms with van der Waals surface area (Å²) in [7, 11) is 1.56. The molecular formula is C19H22ClNO3. The molecule has 0 saturated heterocycles. The summed E-state index contributed by atoms with van der Waals surface area (Å²) in [4.78, 5) is 12.6. The van der Waals surface area contributed by atoms with Crippen LogP contribution in [-0.4, -0.2) is 19.6 Å². The fourth-order valence-corrected chi connectivity index (χ4v) is 2.57. The number of amides is 1. The van der Waals surface area contributed by atoms with Gasteiger partial charge in [0.15, 0.2) is 11.5 Å². The Labute approximate surface area is 147 Å². The number of carbonyl (C=O) groups excluding carboxylic acids is 1. The summed E-state index contributed by atoms with van der Waals surface area (Å²) in [6.07, 6.45) is 0.779. The number of hydrogen-bond acceptors (Lipinski definition) is 3. The van der Waals surface area contributed by atoms with Crippen molar-refractivity contribution in [3.05, 3.63) is 58.6 Å². The Morgan fingerprint density at radius 2 is 1.83 bits per heavy atom. The van der Waals surface area contributed by atoms with Crippen LogP contribution in [-0.2, 0) is 0 Å². The summed E-state index contributed by atoms with van der Waals surface area (Å²) >= 11 is 5.92. The second-order valence-corrected chi connectivity index (χ2v) is 5.72. The van der Waals surface area contributed by atoms with E-state index in [1.165, 1.54) is 0 Å². The summed E-state index contributed by atoms with van der Waals surface area (Å²) in [5, 5.41) is 3.72. The van der Waals surface area contributed by atoms with Crippen LogP contribution in [0.5, 0.6) is 11.5 Å². The van der Waals surface area contributed by atoms with Crippen LogP contribution in [0, 0.1) is 0 Å². The number of hydrogen-bond donors (Lipinski definition) is 1. The van der Waals surface area contributed by atoms with Crippen LogP contribution in [0.25, 0.3) is 0 Å². The first-order valence-electron chi connectivity index (χ1n) is 7.96. The summed E-state index contributed by atoms with van der Waals surface area (Å²) in [5.74, 6) is 1.02. The first-order valence-corrected chi connectivity index (χ1v) is 8.34. The molecule has 1 atom stereocenters. The zero-order chi connectivity index (χ0) is 17.5. The molecule has 5 heteroatoms. The Morgan fingerprint density at radius 3 is 2.42 bits per heavy atom. The molecule has 24 heavy (non-hydrogen) atoms. The molecule has 0 spiro atoms. The third-order valence-electron chi connectivity index (χ3n) is 3.71. The quantitative estimate of drug-likeness (QED) is 0.794. The summed E-state index contributed by atoms with van der Waals surface area (Å²) in [6.45, 7) is 4.47. The van der Waals surface area contributed by atoms with Crippen LogP contribution in [0.4, 0.5) is 0 Å². The van der Waals surface area contributed by atoms with Crippen LogP contribution < -0.4 is 14.8 Å². The van der Waals surface area contributed by atoms with E-state index < -0.39 is 0 Å². The van der Waals surface area contributed by atoms with E-state index in [1.807, 2.05) is 38.1 Å². The number of benzene rings is 2. The highest BCUT2D eigenvalue weighted by atomic mass is 35.5. The number of halogens is 1. The van der Waals surface area contributed by atoms with E-state index in [9.17, 15) is 4.79 Å². The molecule has 1 unspecified atom stereocenters. The van der Waals surface area contributed by atoms with Gasteiger partial charge in [0.1, 0.15) is 0 Å². The van der Waals surface area contributed by atoms with Crippen molar-refractivity contribution in [3.63, 3.8) is 0 Å². The van der Waals surface area contributed by atoms with Gasteiger partial charge in [0.2, 0.25) is 0 Å². The molecule has 2 aromatic rings. The van der Waals surface area contributed by atoms with Crippen molar-refractivity contribution in [3.8, 4) is 11.5 Å². The first-order chi connectivity index (χ1) is 11.6. The van der Waals surface area contributed by atoms with Crippen LogP contribution in [0.2, 0.25) is 5.02 Å². The lowest BCUT2D eigenvalue weighted by Crippen LogP contribution is -2.28. The van der Waals surface area contributed by atoms with Crippen LogP contribution in [0.15, 0.2) is 42.5 Å². The first kappa shape index (κ1) is 18.1. The fourth-order valence-electron chi connectivity index (χ4n) is 2.44. The van der Waals surface area contributed by atoms with Crippen LogP contribution in [0.1, 0.15) is 42.2 Å². The molecule has 0 aliphatic rings. The largest absolute Gasteiger partial charge is 0.493 e. The molecule has 0 aliphatic heterocycles. The zero-order valence-electron chi connectivity index (χ0n) is 14.1. The van der Waals surface area contributed by atoms with Gasteiger partial charge in [0.25, 0.3) is 5.91 Å². The standard InChI is InChI=1S/C19H22ClNO3/c1-4-16(13-6-9-15(20)10-7-13)21-19(22)14-8-11-17(24-5-2)18(12-14)23-3/h6-12,16H,4-5H2,1-3H3,(H,21,22). The third-order valence-corrected chi connectivity index (χ3v) is 3.96. The Kier molecular flexibility index (Phi) is 6.50. The van der Waals surface area contributed by atoms with Gasteiger partial charge in [0, 0.05) is 10.6 Å². The van der Waals surface area contributed by atoms with Crippen molar-refractivity contribution in [2.45, 2.75) is 26.3 Å². The van der Waals surface area contributed by atoms with Crippen molar-refractivity contribution in [1.82, 2.24) is 5.32 Å². The number of methoxy groups -OCH3 is 1. The molecule has 2 rings (SSSR count). The molecule has 0 aliphatic carbocycles. The Balaban J connectivity index is 2.17. The predicted molar refractivity (Wildman–Crippen MR) is 96.1 cm³/mol. The van der Waals surface area contributed by atoms with Gasteiger partial charge in [-0.05, 0) is 49.2 Å². The van der Waals surface area contributed by atoms with Crippen molar-refractivity contribution in [2.24, 2.45) is 0 Å². The minimum absolute atomic E-state index is 0.0765. The highest BCUT2D eigenvalue weighted by molar-refractivity contribution is 6.30. The highest BCUT2D eigenvalue weighted by Gasteiger charge is 2.16. The Morgan fingerprint density at radius 1 is 1.12 bits per heavy atom. The molecule has 1 N–H and O–H groups in total. The van der Waals surface area contributed by atoms with E-state index in [0.29, 0.717) is 28.7 Å². The monoisotopic (exact) mass is 347 g/mol. The van der Waals surface area contributed by atoms with Gasteiger partial charge >= 0.3 is 0 Å². The van der Waals surface area contributed by atoms with Crippen LogP contribution in [0.3, 0.4) is 0 Å². The molecule has 0 bridgehead atoms. The maximum Gasteiger partial charge on any atom is 0.251 e. The number of carbonyl (C=O) groups is 1. The molecule has 0 aromatic heterocycles. The second-order valence-electron chi connectivity index (χ2n) is 5.28. The van der Waals surface area contributed by atoms with E-state index in [-0.39, 0.29) is 11.9 Å². The van der Waals surface area contributed by atoms with Crippen molar-refractivity contribution in [1.29, 1.82) is 0 Å². The average molecular weight is 348 g/mol. The van der Waals surface area contributed by atoms with Gasteiger partial charge < -0.3 is 14.8 Å². The van der Waals surface area contributed by atoms with Gasteiger partial charge in [-0.15, -0.1) is 0 Å². The van der Waals surface area contributed by atoms with Crippen molar-refractivity contribution < 1.29 is 14.3 Å². The van der Waals surface area contributed by atoms with Gasteiger partial charge in [-0.2, -0.15) is 0 Å². The molecule has 4 nitrogen and oxygen atoms in total. The summed E-state index contributed by atoms with van der Waals surface area (Å²) in [5.41, 5.74) is 1.55. The average Bonchev–Trinajstić information content (AvgIpc) is 2.61. The second kappa shape index (κ2) is 8.60. The number of nitrogens with one attached hydrogen (secondary N) is 1. The van der Waals surface area contributed by atoms with Crippen LogP contribution >= 0.6 is 11.6 Å². The molecule has 0 heterocycles. The molecule has 0 saturated carbocycles. The van der Waals surface area contributed by atoms with Gasteiger partial charge in [-0.1, -0.05) is 30.7 Å². The lowest BCUT2D eigenvalue weighted by Gasteiger charge is -2.18. The van der Waals surface area contributed by atoms with E-state index >= 15 is 0 Å². The summed E-state index contributed by atoms with van der Waals surface area (Å²) in [6, 6.07) is 12.6. The Hall–Kier alpha value is -2.20. The lowest BCUT2D eigenvalue weighted by molar-refractivity contribution is 0.0935. The SMILES string of the molecule is CCOc1ccc(C(=O)NC(CC)c2ccc(Cl)cc2)cc1OC. The maximum absolute atomic E-state index is 12.6. The predicted octanol–water partition coefficient (Wildman–Crippen LogP) is 4.63. The molecule has 0 fully saturated rings. The fraction of sp³-hybridized carbons (Fsp3) is 0.316. The maximum atomic E-state index is 12.6. The molecular weight excluding hydrogens is 326 g/mol. The van der Waals surface area contributed by atoms with Crippen molar-refractivity contribution in [2.75, 3.05) is 13.7 Å². The molecule has 2 aromatic carbocycles. The van der Waals surface area contributed by atoms with E-state index in [2.05, 4.69) is 5.32 Å². The highest BCUT2D eigenvalue weighted by Crippen LogP contribution is 2.28. The van der Waals surface area contributed by atoms with Gasteiger partial charge in [-0.25, -0.2) is 0 Å². The van der Waals surface area contributed by atoms with E-state index in [4.69, 9.17) is 21.1 Å². The van der Waals surface area contributed by atoms with Gasteiger partial charge in [0.05, 0.1) is 19.8 Å². The third kappa shape index (κ3) is 4.42. The normalized spacial score (nSPS) is 11.7. The smallest absolute Gasteiger partial charge is 0.251 e. The summed E-state index contributed by atoms with van der Waals surface area (Å²) < 4.78 is 10.8. The molecule has 0 radical (unpaired) electrons. The minimum atomic E-state index is -0.154. The topological polar surface area (TPSA) is 47.6 Å². The molecule has 1 amide bonds. The van der Waals surface area contributed by atoms with E-state index in [1.54, 1.807) is 25.3 Å². The van der Waals surface area contributed by atoms with Gasteiger partial charge in [-0.3, -0.25) is 4.79 Å². The lowest BCUT2D eigenvalue weighted by atomic mass is 10.0. The minimum Gasteiger partial charge on any atom is -0.493 e. The molecule has 128 valence electrons. The number of ether oxygens (including phenoxy) is 2. The number of rotatable bonds is 7. The van der Waals surface area contributed by atoms with E-state index in [0.717, 1.165) is 12.0 Å². The van der Waals surface area contributed by atoms with Crippen molar-refractivity contribution >= 4 is 17.5 Å². The Bertz CT molecular complexity index is 686.